The average Bonchev–Trinajstić information content (AvgIpc) is 2.32. The Balaban J connectivity index is 2.21. The molecule has 0 aliphatic carbocycles. The summed E-state index contributed by atoms with van der Waals surface area (Å²) in [5.74, 6) is 0.0961. The van der Waals surface area contributed by atoms with Crippen molar-refractivity contribution in [1.82, 2.24) is 10.2 Å². The highest BCUT2D eigenvalue weighted by Gasteiger charge is 2.24. The van der Waals surface area contributed by atoms with Crippen molar-refractivity contribution in [2.24, 2.45) is 0 Å². The number of halogens is 1. The van der Waals surface area contributed by atoms with Gasteiger partial charge in [0.25, 0.3) is 5.91 Å². The third-order valence-electron chi connectivity index (χ3n) is 3.17. The Kier molecular flexibility index (Phi) is 3.69. The van der Waals surface area contributed by atoms with Crippen LogP contribution in [0.1, 0.15) is 22.8 Å². The first-order valence-electron chi connectivity index (χ1n) is 5.87. The highest BCUT2D eigenvalue weighted by atomic mass is 35.5. The number of hydrogen-bond donors (Lipinski definition) is 1. The van der Waals surface area contributed by atoms with Crippen molar-refractivity contribution >= 4 is 17.5 Å². The van der Waals surface area contributed by atoms with E-state index in [1.165, 1.54) is 0 Å². The molecule has 4 heteroatoms. The van der Waals surface area contributed by atoms with Gasteiger partial charge in [0.05, 0.1) is 0 Å². The van der Waals surface area contributed by atoms with Crippen LogP contribution in [0.2, 0.25) is 5.02 Å². The number of piperazine rings is 1. The van der Waals surface area contributed by atoms with Crippen molar-refractivity contribution in [2.45, 2.75) is 19.9 Å². The molecule has 1 atom stereocenters. The third kappa shape index (κ3) is 2.61. The number of nitrogens with one attached hydrogen (secondary N) is 1. The number of rotatable bonds is 1. The van der Waals surface area contributed by atoms with E-state index < -0.39 is 0 Å². The minimum Gasteiger partial charge on any atom is -0.333 e. The summed E-state index contributed by atoms with van der Waals surface area (Å²) in [6, 6.07) is 5.69. The molecule has 0 spiro atoms. The molecular weight excluding hydrogens is 236 g/mol. The molecule has 0 unspecified atom stereocenters. The van der Waals surface area contributed by atoms with Gasteiger partial charge in [-0.25, -0.2) is 0 Å². The molecule has 1 amide bonds. The Bertz CT molecular complexity index is 433. The number of amides is 1. The van der Waals surface area contributed by atoms with Gasteiger partial charge >= 0.3 is 0 Å². The molecule has 1 saturated heterocycles. The van der Waals surface area contributed by atoms with Gasteiger partial charge in [0.15, 0.2) is 0 Å². The van der Waals surface area contributed by atoms with E-state index in [1.807, 2.05) is 17.9 Å². The van der Waals surface area contributed by atoms with Crippen molar-refractivity contribution in [3.63, 3.8) is 0 Å². The summed E-state index contributed by atoms with van der Waals surface area (Å²) in [4.78, 5) is 14.2. The Morgan fingerprint density at radius 1 is 1.53 bits per heavy atom. The van der Waals surface area contributed by atoms with Crippen molar-refractivity contribution < 1.29 is 4.79 Å². The molecule has 0 bridgehead atoms. The zero-order valence-electron chi connectivity index (χ0n) is 10.2. The van der Waals surface area contributed by atoms with Gasteiger partial charge in [0, 0.05) is 36.3 Å². The van der Waals surface area contributed by atoms with Crippen LogP contribution in [0.3, 0.4) is 0 Å². The fourth-order valence-electron chi connectivity index (χ4n) is 2.09. The van der Waals surface area contributed by atoms with Crippen molar-refractivity contribution in [1.29, 1.82) is 0 Å². The molecule has 3 nitrogen and oxygen atoms in total. The number of carbonyl (C=O) groups excluding carboxylic acids is 1. The highest BCUT2D eigenvalue weighted by Crippen LogP contribution is 2.18. The largest absolute Gasteiger partial charge is 0.333 e. The Morgan fingerprint density at radius 2 is 2.29 bits per heavy atom. The maximum absolute atomic E-state index is 12.3. The van der Waals surface area contributed by atoms with E-state index in [9.17, 15) is 4.79 Å². The van der Waals surface area contributed by atoms with Crippen LogP contribution >= 0.6 is 11.6 Å². The highest BCUT2D eigenvalue weighted by molar-refractivity contribution is 6.31. The summed E-state index contributed by atoms with van der Waals surface area (Å²) in [6.45, 7) is 6.47. The van der Waals surface area contributed by atoms with Crippen molar-refractivity contribution in [3.05, 3.63) is 34.3 Å². The van der Waals surface area contributed by atoms with E-state index in [2.05, 4.69) is 12.2 Å². The molecule has 1 N–H and O–H groups in total. The van der Waals surface area contributed by atoms with Crippen LogP contribution in [0.25, 0.3) is 0 Å². The first-order chi connectivity index (χ1) is 8.09. The maximum atomic E-state index is 12.3. The van der Waals surface area contributed by atoms with Gasteiger partial charge in [-0.15, -0.1) is 0 Å². The van der Waals surface area contributed by atoms with E-state index in [-0.39, 0.29) is 11.9 Å². The van der Waals surface area contributed by atoms with Crippen molar-refractivity contribution in [2.75, 3.05) is 19.6 Å². The number of hydrogen-bond acceptors (Lipinski definition) is 2. The fraction of sp³-hybridized carbons (Fsp3) is 0.462. The second kappa shape index (κ2) is 5.07. The summed E-state index contributed by atoms with van der Waals surface area (Å²) in [7, 11) is 0. The molecule has 2 rings (SSSR count). The molecule has 0 saturated carbocycles. The first-order valence-corrected chi connectivity index (χ1v) is 6.25. The summed E-state index contributed by atoms with van der Waals surface area (Å²) in [5, 5.41) is 3.98. The smallest absolute Gasteiger partial charge is 0.254 e. The van der Waals surface area contributed by atoms with Gasteiger partial charge in [-0.05, 0) is 37.6 Å². The molecule has 0 radical (unpaired) electrons. The van der Waals surface area contributed by atoms with Crippen LogP contribution in [0.4, 0.5) is 0 Å². The molecule has 1 fully saturated rings. The number of benzene rings is 1. The molecule has 1 heterocycles. The maximum Gasteiger partial charge on any atom is 0.254 e. The molecule has 1 aliphatic rings. The topological polar surface area (TPSA) is 32.3 Å². The van der Waals surface area contributed by atoms with E-state index >= 15 is 0 Å². The molecule has 0 aromatic heterocycles. The minimum absolute atomic E-state index is 0.0961. The quantitative estimate of drug-likeness (QED) is 0.830. The summed E-state index contributed by atoms with van der Waals surface area (Å²) < 4.78 is 0. The summed E-state index contributed by atoms with van der Waals surface area (Å²) in [5.41, 5.74) is 1.67. The Labute approximate surface area is 107 Å². The molecule has 17 heavy (non-hydrogen) atoms. The third-order valence-corrected chi connectivity index (χ3v) is 3.59. The number of carbonyl (C=O) groups is 1. The molecule has 1 aliphatic heterocycles. The average molecular weight is 253 g/mol. The first kappa shape index (κ1) is 12.4. The predicted molar refractivity (Wildman–Crippen MR) is 69.6 cm³/mol. The second-order valence-electron chi connectivity index (χ2n) is 4.52. The normalized spacial score (nSPS) is 20.4. The minimum atomic E-state index is 0.0961. The van der Waals surface area contributed by atoms with Crippen LogP contribution in [0, 0.1) is 6.92 Å². The van der Waals surface area contributed by atoms with Crippen LogP contribution in [0.5, 0.6) is 0 Å². The zero-order valence-corrected chi connectivity index (χ0v) is 10.9. The molecular formula is C13H17ClN2O. The van der Waals surface area contributed by atoms with E-state index in [0.717, 1.165) is 30.8 Å². The molecule has 1 aromatic carbocycles. The van der Waals surface area contributed by atoms with E-state index in [0.29, 0.717) is 5.02 Å². The molecule has 1 aromatic rings. The van der Waals surface area contributed by atoms with Crippen LogP contribution in [-0.2, 0) is 0 Å². The number of nitrogens with zero attached hydrogens (tertiary/aromatic N) is 1. The standard InChI is InChI=1S/C13H17ClN2O/c1-9-7-11(3-4-12(9)14)13(17)16-6-5-15-8-10(16)2/h3-4,7,10,15H,5-6,8H2,1-2H3/t10-/m0/s1. The van der Waals surface area contributed by atoms with E-state index in [1.54, 1.807) is 12.1 Å². The van der Waals surface area contributed by atoms with Gasteiger partial charge < -0.3 is 10.2 Å². The predicted octanol–water partition coefficient (Wildman–Crippen LogP) is 2.08. The second-order valence-corrected chi connectivity index (χ2v) is 4.92. The Hall–Kier alpha value is -1.06. The van der Waals surface area contributed by atoms with Gasteiger partial charge in [-0.2, -0.15) is 0 Å². The zero-order chi connectivity index (χ0) is 12.4. The van der Waals surface area contributed by atoms with Gasteiger partial charge in [-0.1, -0.05) is 11.6 Å². The summed E-state index contributed by atoms with van der Waals surface area (Å²) >= 11 is 5.96. The molecule has 92 valence electrons. The van der Waals surface area contributed by atoms with E-state index in [4.69, 9.17) is 11.6 Å². The van der Waals surface area contributed by atoms with Gasteiger partial charge in [0.1, 0.15) is 0 Å². The number of aryl methyl sites for hydroxylation is 1. The fourth-order valence-corrected chi connectivity index (χ4v) is 2.20. The lowest BCUT2D eigenvalue weighted by atomic mass is 10.1. The van der Waals surface area contributed by atoms with Gasteiger partial charge in [0.2, 0.25) is 0 Å². The lowest BCUT2D eigenvalue weighted by Crippen LogP contribution is -2.52. The van der Waals surface area contributed by atoms with Crippen molar-refractivity contribution in [3.8, 4) is 0 Å². The Morgan fingerprint density at radius 3 is 2.94 bits per heavy atom. The van der Waals surface area contributed by atoms with Crippen LogP contribution in [0.15, 0.2) is 18.2 Å². The monoisotopic (exact) mass is 252 g/mol. The van der Waals surface area contributed by atoms with Crippen LogP contribution < -0.4 is 5.32 Å². The lowest BCUT2D eigenvalue weighted by Gasteiger charge is -2.34. The lowest BCUT2D eigenvalue weighted by molar-refractivity contribution is 0.0655. The summed E-state index contributed by atoms with van der Waals surface area (Å²) in [6.07, 6.45) is 0. The SMILES string of the molecule is Cc1cc(C(=O)N2CCNC[C@@H]2C)ccc1Cl. The van der Waals surface area contributed by atoms with Crippen LogP contribution in [-0.4, -0.2) is 36.5 Å². The van der Waals surface area contributed by atoms with Gasteiger partial charge in [-0.3, -0.25) is 4.79 Å².